The minimum atomic E-state index is 0.0529. The molecule has 1 aliphatic heterocycles. The Morgan fingerprint density at radius 3 is 2.53 bits per heavy atom. The van der Waals surface area contributed by atoms with Crippen molar-refractivity contribution in [3.8, 4) is 0 Å². The number of carbonyl (C=O) groups is 1. The van der Waals surface area contributed by atoms with Crippen LogP contribution in [-0.4, -0.2) is 38.3 Å². The van der Waals surface area contributed by atoms with E-state index in [1.165, 1.54) is 25.7 Å². The third kappa shape index (κ3) is 5.49. The van der Waals surface area contributed by atoms with Crippen molar-refractivity contribution in [1.82, 2.24) is 10.6 Å². The first-order valence-corrected chi connectivity index (χ1v) is 7.83. The lowest BCUT2D eigenvalue weighted by Gasteiger charge is -2.26. The van der Waals surface area contributed by atoms with Gasteiger partial charge < -0.3 is 15.4 Å². The van der Waals surface area contributed by atoms with E-state index in [1.807, 2.05) is 0 Å². The lowest BCUT2D eigenvalue weighted by molar-refractivity contribution is -0.128. The number of piperidine rings is 1. The second-order valence-corrected chi connectivity index (χ2v) is 6.19. The molecule has 0 unspecified atom stereocenters. The van der Waals surface area contributed by atoms with Crippen LogP contribution in [0.4, 0.5) is 0 Å². The molecule has 0 bridgehead atoms. The zero-order valence-corrected chi connectivity index (χ0v) is 12.1. The summed E-state index contributed by atoms with van der Waals surface area (Å²) in [5, 5.41) is 6.32. The van der Waals surface area contributed by atoms with Crippen LogP contribution in [-0.2, 0) is 9.53 Å². The Morgan fingerprint density at radius 2 is 1.84 bits per heavy atom. The largest absolute Gasteiger partial charge is 0.368 e. The third-order valence-electron chi connectivity index (χ3n) is 4.46. The third-order valence-corrected chi connectivity index (χ3v) is 4.46. The molecule has 1 heterocycles. The maximum Gasteiger partial charge on any atom is 0.246 e. The molecule has 1 aliphatic carbocycles. The van der Waals surface area contributed by atoms with Crippen molar-refractivity contribution in [2.45, 2.75) is 51.6 Å². The van der Waals surface area contributed by atoms with Gasteiger partial charge in [-0.1, -0.05) is 19.8 Å². The van der Waals surface area contributed by atoms with Gasteiger partial charge in [0.1, 0.15) is 6.61 Å². The molecule has 1 saturated carbocycles. The lowest BCUT2D eigenvalue weighted by Crippen LogP contribution is -2.37. The average Bonchev–Trinajstić information content (AvgIpc) is 2.45. The first-order chi connectivity index (χ1) is 9.24. The van der Waals surface area contributed by atoms with Crippen LogP contribution in [0.2, 0.25) is 0 Å². The van der Waals surface area contributed by atoms with E-state index < -0.39 is 0 Å². The molecule has 110 valence electrons. The zero-order valence-electron chi connectivity index (χ0n) is 12.1. The predicted octanol–water partition coefficient (Wildman–Crippen LogP) is 1.70. The minimum Gasteiger partial charge on any atom is -0.368 e. The number of hydrogen-bond donors (Lipinski definition) is 2. The van der Waals surface area contributed by atoms with Crippen LogP contribution in [0.1, 0.15) is 45.4 Å². The van der Waals surface area contributed by atoms with E-state index in [4.69, 9.17) is 4.74 Å². The Bertz CT molecular complexity index is 269. The van der Waals surface area contributed by atoms with Crippen molar-refractivity contribution < 1.29 is 9.53 Å². The van der Waals surface area contributed by atoms with Crippen molar-refractivity contribution in [3.05, 3.63) is 0 Å². The van der Waals surface area contributed by atoms with Crippen LogP contribution in [0, 0.1) is 11.8 Å². The smallest absolute Gasteiger partial charge is 0.246 e. The highest BCUT2D eigenvalue weighted by Crippen LogP contribution is 2.27. The summed E-state index contributed by atoms with van der Waals surface area (Å²) in [5.41, 5.74) is 0. The molecule has 0 atom stereocenters. The van der Waals surface area contributed by atoms with E-state index >= 15 is 0 Å². The molecule has 2 fully saturated rings. The maximum atomic E-state index is 11.7. The normalized spacial score (nSPS) is 29.1. The Kier molecular flexibility index (Phi) is 6.11. The summed E-state index contributed by atoms with van der Waals surface area (Å²) in [6.07, 6.45) is 7.45. The first-order valence-electron chi connectivity index (χ1n) is 7.83. The molecule has 0 aromatic carbocycles. The van der Waals surface area contributed by atoms with Crippen LogP contribution in [0.5, 0.6) is 0 Å². The Hall–Kier alpha value is -0.610. The second-order valence-electron chi connectivity index (χ2n) is 6.19. The summed E-state index contributed by atoms with van der Waals surface area (Å²) in [4.78, 5) is 11.7. The molecule has 4 nitrogen and oxygen atoms in total. The minimum absolute atomic E-state index is 0.0529. The highest BCUT2D eigenvalue weighted by Gasteiger charge is 2.19. The average molecular weight is 268 g/mol. The molecular formula is C15H28N2O2. The molecule has 1 saturated heterocycles. The number of rotatable bonds is 5. The van der Waals surface area contributed by atoms with Crippen molar-refractivity contribution >= 4 is 5.91 Å². The van der Waals surface area contributed by atoms with Crippen LogP contribution >= 0.6 is 0 Å². The van der Waals surface area contributed by atoms with E-state index in [1.54, 1.807) is 0 Å². The molecular weight excluding hydrogens is 240 g/mol. The quantitative estimate of drug-likeness (QED) is 0.798. The van der Waals surface area contributed by atoms with Gasteiger partial charge in [0.25, 0.3) is 0 Å². The van der Waals surface area contributed by atoms with Gasteiger partial charge in [-0.25, -0.2) is 0 Å². The van der Waals surface area contributed by atoms with Gasteiger partial charge in [-0.15, -0.1) is 0 Å². The highest BCUT2D eigenvalue weighted by molar-refractivity contribution is 5.77. The van der Waals surface area contributed by atoms with Crippen molar-refractivity contribution in [3.63, 3.8) is 0 Å². The standard InChI is InChI=1S/C15H28N2O2/c1-12-2-4-13(5-3-12)10-17-15(18)11-19-14-6-8-16-9-7-14/h12-14,16H,2-11H2,1H3,(H,17,18). The molecule has 1 amide bonds. The molecule has 4 heteroatoms. The van der Waals surface area contributed by atoms with E-state index in [9.17, 15) is 4.79 Å². The molecule has 2 N–H and O–H groups in total. The van der Waals surface area contributed by atoms with Crippen molar-refractivity contribution in [2.24, 2.45) is 11.8 Å². The van der Waals surface area contributed by atoms with Crippen LogP contribution in [0.25, 0.3) is 0 Å². The Labute approximate surface area is 116 Å². The molecule has 0 aromatic rings. The topological polar surface area (TPSA) is 50.4 Å². The fourth-order valence-electron chi connectivity index (χ4n) is 3.00. The monoisotopic (exact) mass is 268 g/mol. The van der Waals surface area contributed by atoms with E-state index in [0.29, 0.717) is 5.92 Å². The second kappa shape index (κ2) is 7.85. The number of nitrogens with one attached hydrogen (secondary N) is 2. The zero-order chi connectivity index (χ0) is 13.5. The van der Waals surface area contributed by atoms with E-state index in [0.717, 1.165) is 38.4 Å². The fraction of sp³-hybridized carbons (Fsp3) is 0.933. The SMILES string of the molecule is CC1CCC(CNC(=O)COC2CCNCC2)CC1. The number of amides is 1. The lowest BCUT2D eigenvalue weighted by atomic mass is 9.83. The predicted molar refractivity (Wildman–Crippen MR) is 76.0 cm³/mol. The maximum absolute atomic E-state index is 11.7. The van der Waals surface area contributed by atoms with Crippen LogP contribution in [0.3, 0.4) is 0 Å². The van der Waals surface area contributed by atoms with Gasteiger partial charge in [-0.3, -0.25) is 4.79 Å². The van der Waals surface area contributed by atoms with Gasteiger partial charge >= 0.3 is 0 Å². The Balaban J connectivity index is 1.54. The molecule has 0 spiro atoms. The summed E-state index contributed by atoms with van der Waals surface area (Å²) in [5.74, 6) is 1.60. The van der Waals surface area contributed by atoms with Gasteiger partial charge in [0, 0.05) is 6.54 Å². The Morgan fingerprint density at radius 1 is 1.16 bits per heavy atom. The van der Waals surface area contributed by atoms with Crippen molar-refractivity contribution in [1.29, 1.82) is 0 Å². The van der Waals surface area contributed by atoms with Gasteiger partial charge in [0.2, 0.25) is 5.91 Å². The molecule has 0 aromatic heterocycles. The fourth-order valence-corrected chi connectivity index (χ4v) is 3.00. The summed E-state index contributed by atoms with van der Waals surface area (Å²) in [6, 6.07) is 0. The molecule has 0 radical (unpaired) electrons. The first kappa shape index (κ1) is 14.8. The molecule has 19 heavy (non-hydrogen) atoms. The van der Waals surface area contributed by atoms with Crippen molar-refractivity contribution in [2.75, 3.05) is 26.2 Å². The molecule has 2 rings (SSSR count). The summed E-state index contributed by atoms with van der Waals surface area (Å²) in [6.45, 7) is 5.40. The number of carbonyl (C=O) groups excluding carboxylic acids is 1. The highest BCUT2D eigenvalue weighted by atomic mass is 16.5. The molecule has 2 aliphatic rings. The van der Waals surface area contributed by atoms with Gasteiger partial charge in [0.05, 0.1) is 6.10 Å². The summed E-state index contributed by atoms with van der Waals surface area (Å²) < 4.78 is 5.65. The van der Waals surface area contributed by atoms with Crippen LogP contribution < -0.4 is 10.6 Å². The summed E-state index contributed by atoms with van der Waals surface area (Å²) >= 11 is 0. The van der Waals surface area contributed by atoms with E-state index in [-0.39, 0.29) is 18.6 Å². The number of ether oxygens (including phenoxy) is 1. The van der Waals surface area contributed by atoms with Gasteiger partial charge in [0.15, 0.2) is 0 Å². The van der Waals surface area contributed by atoms with E-state index in [2.05, 4.69) is 17.6 Å². The van der Waals surface area contributed by atoms with Gasteiger partial charge in [-0.05, 0) is 50.6 Å². The van der Waals surface area contributed by atoms with Crippen LogP contribution in [0.15, 0.2) is 0 Å². The van der Waals surface area contributed by atoms with Gasteiger partial charge in [-0.2, -0.15) is 0 Å². The number of hydrogen-bond acceptors (Lipinski definition) is 3. The summed E-state index contributed by atoms with van der Waals surface area (Å²) in [7, 11) is 0.